The topological polar surface area (TPSA) is 43.8 Å². The van der Waals surface area contributed by atoms with Crippen molar-refractivity contribution in [2.75, 3.05) is 6.54 Å². The lowest BCUT2D eigenvalue weighted by Gasteiger charge is -2.15. The molecule has 0 saturated carbocycles. The molecule has 1 unspecified atom stereocenters. The van der Waals surface area contributed by atoms with E-state index in [0.717, 1.165) is 12.2 Å². The summed E-state index contributed by atoms with van der Waals surface area (Å²) in [6.45, 7) is 3.48. The first-order valence-electron chi connectivity index (χ1n) is 5.54. The molecule has 0 spiro atoms. The summed E-state index contributed by atoms with van der Waals surface area (Å²) in [6.07, 6.45) is 2.00. The highest BCUT2D eigenvalue weighted by molar-refractivity contribution is 5.19. The molecule has 0 aliphatic rings. The lowest BCUT2D eigenvalue weighted by Crippen LogP contribution is -2.18. The summed E-state index contributed by atoms with van der Waals surface area (Å²) in [4.78, 5) is 0. The van der Waals surface area contributed by atoms with Crippen LogP contribution in [0.5, 0.6) is 0 Å². The minimum atomic E-state index is 0.334. The van der Waals surface area contributed by atoms with Crippen molar-refractivity contribution in [2.24, 2.45) is 5.73 Å². The minimum absolute atomic E-state index is 0.334. The molecule has 0 aliphatic carbocycles. The first kappa shape index (κ1) is 10.9. The molecule has 0 fully saturated rings. The van der Waals surface area contributed by atoms with E-state index in [9.17, 15) is 0 Å². The van der Waals surface area contributed by atoms with E-state index in [1.807, 2.05) is 42.1 Å². The lowest BCUT2D eigenvalue weighted by molar-refractivity contribution is 0.519. The number of hydrogen-bond acceptors (Lipinski definition) is 2. The van der Waals surface area contributed by atoms with E-state index in [4.69, 9.17) is 5.73 Å². The Bertz CT molecular complexity index is 433. The van der Waals surface area contributed by atoms with Gasteiger partial charge in [-0.3, -0.25) is 4.68 Å². The summed E-state index contributed by atoms with van der Waals surface area (Å²) in [5.74, 6) is 0.334. The van der Waals surface area contributed by atoms with E-state index in [1.54, 1.807) is 0 Å². The number of rotatable bonds is 4. The van der Waals surface area contributed by atoms with Crippen molar-refractivity contribution in [3.8, 4) is 0 Å². The van der Waals surface area contributed by atoms with Gasteiger partial charge >= 0.3 is 0 Å². The van der Waals surface area contributed by atoms with Gasteiger partial charge in [-0.15, -0.1) is 0 Å². The van der Waals surface area contributed by atoms with Crippen LogP contribution in [0.4, 0.5) is 0 Å². The van der Waals surface area contributed by atoms with Crippen molar-refractivity contribution in [1.29, 1.82) is 0 Å². The van der Waals surface area contributed by atoms with Crippen molar-refractivity contribution < 1.29 is 0 Å². The predicted octanol–water partition coefficient (Wildman–Crippen LogP) is 1.93. The Hall–Kier alpha value is -1.61. The second kappa shape index (κ2) is 4.94. The second-order valence-electron chi connectivity index (χ2n) is 4.02. The quantitative estimate of drug-likeness (QED) is 0.847. The summed E-state index contributed by atoms with van der Waals surface area (Å²) >= 11 is 0. The molecule has 3 nitrogen and oxygen atoms in total. The van der Waals surface area contributed by atoms with Crippen LogP contribution in [0.25, 0.3) is 0 Å². The molecule has 1 heterocycles. The van der Waals surface area contributed by atoms with Crippen molar-refractivity contribution in [3.05, 3.63) is 53.9 Å². The van der Waals surface area contributed by atoms with Gasteiger partial charge in [0.1, 0.15) is 0 Å². The van der Waals surface area contributed by atoms with Gasteiger partial charge in [0, 0.05) is 25.2 Å². The predicted molar refractivity (Wildman–Crippen MR) is 65.2 cm³/mol. The van der Waals surface area contributed by atoms with Crippen LogP contribution >= 0.6 is 0 Å². The fourth-order valence-electron chi connectivity index (χ4n) is 1.83. The molecule has 3 heteroatoms. The van der Waals surface area contributed by atoms with Gasteiger partial charge in [0.05, 0.1) is 5.69 Å². The van der Waals surface area contributed by atoms with Crippen molar-refractivity contribution >= 4 is 0 Å². The van der Waals surface area contributed by atoms with Gasteiger partial charge in [-0.25, -0.2) is 0 Å². The maximum absolute atomic E-state index is 5.82. The van der Waals surface area contributed by atoms with E-state index in [2.05, 4.69) is 17.2 Å². The smallest absolute Gasteiger partial charge is 0.0593 e. The number of nitrogens with two attached hydrogens (primary N) is 1. The molecule has 1 atom stereocenters. The van der Waals surface area contributed by atoms with Crippen molar-refractivity contribution in [1.82, 2.24) is 9.78 Å². The molecule has 0 saturated heterocycles. The molecular formula is C13H17N3. The van der Waals surface area contributed by atoms with Crippen LogP contribution in [0.1, 0.15) is 17.2 Å². The van der Waals surface area contributed by atoms with Crippen LogP contribution in [0.2, 0.25) is 0 Å². The fraction of sp³-hybridized carbons (Fsp3) is 0.308. The van der Waals surface area contributed by atoms with Crippen molar-refractivity contribution in [3.63, 3.8) is 0 Å². The Balaban J connectivity index is 2.12. The third-order valence-corrected chi connectivity index (χ3v) is 2.74. The highest BCUT2D eigenvalue weighted by atomic mass is 15.3. The summed E-state index contributed by atoms with van der Waals surface area (Å²) < 4.78 is 1.96. The minimum Gasteiger partial charge on any atom is -0.330 e. The van der Waals surface area contributed by atoms with Crippen LogP contribution in [0, 0.1) is 6.92 Å². The molecule has 0 aliphatic heterocycles. The zero-order valence-corrected chi connectivity index (χ0v) is 9.50. The monoisotopic (exact) mass is 215 g/mol. The van der Waals surface area contributed by atoms with Gasteiger partial charge in [0.2, 0.25) is 0 Å². The van der Waals surface area contributed by atoms with Crippen LogP contribution in [0.3, 0.4) is 0 Å². The average Bonchev–Trinajstić information content (AvgIpc) is 2.73. The number of aromatic nitrogens is 2. The molecule has 0 amide bonds. The molecule has 2 aromatic rings. The van der Waals surface area contributed by atoms with E-state index < -0.39 is 0 Å². The number of benzene rings is 1. The van der Waals surface area contributed by atoms with Crippen molar-refractivity contribution in [2.45, 2.75) is 19.4 Å². The Kier molecular flexibility index (Phi) is 3.37. The summed E-state index contributed by atoms with van der Waals surface area (Å²) in [5, 5.41) is 4.39. The Labute approximate surface area is 95.9 Å². The summed E-state index contributed by atoms with van der Waals surface area (Å²) in [6, 6.07) is 12.4. The van der Waals surface area contributed by atoms with Gasteiger partial charge in [-0.05, 0) is 18.6 Å². The molecule has 16 heavy (non-hydrogen) atoms. The molecule has 84 valence electrons. The maximum atomic E-state index is 5.82. The molecule has 0 bridgehead atoms. The van der Waals surface area contributed by atoms with Crippen LogP contribution in [-0.4, -0.2) is 16.3 Å². The van der Waals surface area contributed by atoms with Gasteiger partial charge in [0.25, 0.3) is 0 Å². The van der Waals surface area contributed by atoms with Crippen LogP contribution in [0.15, 0.2) is 42.6 Å². The first-order chi connectivity index (χ1) is 7.79. The molecular weight excluding hydrogens is 198 g/mol. The zero-order chi connectivity index (χ0) is 11.4. The van der Waals surface area contributed by atoms with E-state index in [1.165, 1.54) is 5.56 Å². The SMILES string of the molecule is Cc1ccn(CC(CN)c2ccccc2)n1. The van der Waals surface area contributed by atoms with Gasteiger partial charge in [0.15, 0.2) is 0 Å². The Morgan fingerprint density at radius 2 is 2.00 bits per heavy atom. The van der Waals surface area contributed by atoms with E-state index >= 15 is 0 Å². The van der Waals surface area contributed by atoms with Gasteiger partial charge < -0.3 is 5.73 Å². The molecule has 0 radical (unpaired) electrons. The van der Waals surface area contributed by atoms with Crippen LogP contribution < -0.4 is 5.73 Å². The average molecular weight is 215 g/mol. The number of nitrogens with zero attached hydrogens (tertiary/aromatic N) is 2. The third-order valence-electron chi connectivity index (χ3n) is 2.74. The first-order valence-corrected chi connectivity index (χ1v) is 5.54. The Morgan fingerprint density at radius 3 is 2.56 bits per heavy atom. The summed E-state index contributed by atoms with van der Waals surface area (Å²) in [5.41, 5.74) is 8.14. The Morgan fingerprint density at radius 1 is 1.25 bits per heavy atom. The largest absolute Gasteiger partial charge is 0.330 e. The van der Waals surface area contributed by atoms with Gasteiger partial charge in [-0.1, -0.05) is 30.3 Å². The molecule has 1 aromatic carbocycles. The number of hydrogen-bond donors (Lipinski definition) is 1. The zero-order valence-electron chi connectivity index (χ0n) is 9.50. The normalized spacial score (nSPS) is 12.6. The third kappa shape index (κ3) is 2.49. The highest BCUT2D eigenvalue weighted by Gasteiger charge is 2.10. The fourth-order valence-corrected chi connectivity index (χ4v) is 1.83. The van der Waals surface area contributed by atoms with E-state index in [0.29, 0.717) is 12.5 Å². The summed E-state index contributed by atoms with van der Waals surface area (Å²) in [7, 11) is 0. The highest BCUT2D eigenvalue weighted by Crippen LogP contribution is 2.16. The second-order valence-corrected chi connectivity index (χ2v) is 4.02. The lowest BCUT2D eigenvalue weighted by atomic mass is 9.99. The maximum Gasteiger partial charge on any atom is 0.0593 e. The van der Waals surface area contributed by atoms with E-state index in [-0.39, 0.29) is 0 Å². The van der Waals surface area contributed by atoms with Gasteiger partial charge in [-0.2, -0.15) is 5.10 Å². The molecule has 2 rings (SSSR count). The molecule has 2 N–H and O–H groups in total. The van der Waals surface area contributed by atoms with Crippen LogP contribution in [-0.2, 0) is 6.54 Å². The number of aryl methyl sites for hydroxylation is 1. The molecule has 1 aromatic heterocycles. The standard InChI is InChI=1S/C13H17N3/c1-11-7-8-16(15-11)10-13(9-14)12-5-3-2-4-6-12/h2-8,13H,9-10,14H2,1H3.